The lowest BCUT2D eigenvalue weighted by atomic mass is 10.2. The molecule has 0 bridgehead atoms. The summed E-state index contributed by atoms with van der Waals surface area (Å²) in [6, 6.07) is 11.6. The van der Waals surface area contributed by atoms with Crippen LogP contribution in [0, 0.1) is 0 Å². The highest BCUT2D eigenvalue weighted by Crippen LogP contribution is 2.24. The second-order valence-electron chi connectivity index (χ2n) is 4.89. The summed E-state index contributed by atoms with van der Waals surface area (Å²) in [6.07, 6.45) is 2.87. The monoisotopic (exact) mass is 360 g/mol. The number of halogens is 1. The standard InChI is InChI=1S/C19H17ClO5/c1-3-24-15-8-4-13(5-9-15)6-11-18(21)25-17-10-7-14(20)12-16(17)19(22)23-2/h4-12H,3H2,1-2H3/b11-6+. The third kappa shape index (κ3) is 5.36. The van der Waals surface area contributed by atoms with Crippen molar-refractivity contribution in [3.05, 3.63) is 64.7 Å². The molecule has 25 heavy (non-hydrogen) atoms. The number of benzene rings is 2. The van der Waals surface area contributed by atoms with E-state index >= 15 is 0 Å². The Morgan fingerprint density at radius 2 is 1.84 bits per heavy atom. The van der Waals surface area contributed by atoms with Gasteiger partial charge in [-0.1, -0.05) is 23.7 Å². The Balaban J connectivity index is 2.08. The summed E-state index contributed by atoms with van der Waals surface area (Å²) >= 11 is 5.86. The lowest BCUT2D eigenvalue weighted by Gasteiger charge is -2.07. The quantitative estimate of drug-likeness (QED) is 0.440. The van der Waals surface area contributed by atoms with Crippen molar-refractivity contribution in [2.45, 2.75) is 6.92 Å². The summed E-state index contributed by atoms with van der Waals surface area (Å²) in [5.74, 6) is -0.425. The van der Waals surface area contributed by atoms with Gasteiger partial charge in [-0.2, -0.15) is 0 Å². The molecule has 0 radical (unpaired) electrons. The number of carbonyl (C=O) groups is 2. The molecule has 0 amide bonds. The highest BCUT2D eigenvalue weighted by Gasteiger charge is 2.15. The van der Waals surface area contributed by atoms with Crippen LogP contribution in [0.25, 0.3) is 6.08 Å². The Morgan fingerprint density at radius 1 is 1.12 bits per heavy atom. The van der Waals surface area contributed by atoms with Crippen LogP contribution < -0.4 is 9.47 Å². The van der Waals surface area contributed by atoms with E-state index in [4.69, 9.17) is 21.1 Å². The van der Waals surface area contributed by atoms with Crippen LogP contribution in [0.1, 0.15) is 22.8 Å². The van der Waals surface area contributed by atoms with Gasteiger partial charge in [-0.3, -0.25) is 0 Å². The van der Waals surface area contributed by atoms with Crippen molar-refractivity contribution in [1.29, 1.82) is 0 Å². The molecule has 130 valence electrons. The van der Waals surface area contributed by atoms with Gasteiger partial charge >= 0.3 is 11.9 Å². The minimum absolute atomic E-state index is 0.0811. The number of esters is 2. The number of hydrogen-bond acceptors (Lipinski definition) is 5. The van der Waals surface area contributed by atoms with Gasteiger partial charge in [0.25, 0.3) is 0 Å². The smallest absolute Gasteiger partial charge is 0.341 e. The molecule has 5 nitrogen and oxygen atoms in total. The molecule has 0 fully saturated rings. The Kier molecular flexibility index (Phi) is 6.60. The van der Waals surface area contributed by atoms with E-state index in [9.17, 15) is 9.59 Å². The first-order valence-corrected chi connectivity index (χ1v) is 7.92. The second kappa shape index (κ2) is 8.89. The third-order valence-electron chi connectivity index (χ3n) is 3.16. The van der Waals surface area contributed by atoms with Crippen LogP contribution in [0.4, 0.5) is 0 Å². The number of carbonyl (C=O) groups excluding carboxylic acids is 2. The van der Waals surface area contributed by atoms with Crippen LogP contribution >= 0.6 is 11.6 Å². The SMILES string of the molecule is CCOc1ccc(/C=C/C(=O)Oc2ccc(Cl)cc2C(=O)OC)cc1. The maximum atomic E-state index is 12.0. The average Bonchev–Trinajstić information content (AvgIpc) is 2.62. The van der Waals surface area contributed by atoms with Crippen LogP contribution in [0.2, 0.25) is 5.02 Å². The Bertz CT molecular complexity index is 781. The van der Waals surface area contributed by atoms with Crippen molar-refractivity contribution < 1.29 is 23.8 Å². The van der Waals surface area contributed by atoms with Crippen LogP contribution in [0.5, 0.6) is 11.5 Å². The summed E-state index contributed by atoms with van der Waals surface area (Å²) in [5.41, 5.74) is 0.891. The molecule has 0 spiro atoms. The third-order valence-corrected chi connectivity index (χ3v) is 3.40. The van der Waals surface area contributed by atoms with Crippen LogP contribution in [0.3, 0.4) is 0 Å². The van der Waals surface area contributed by atoms with E-state index in [2.05, 4.69) is 4.74 Å². The maximum Gasteiger partial charge on any atom is 0.341 e. The van der Waals surface area contributed by atoms with E-state index < -0.39 is 11.9 Å². The Labute approximate surface area is 150 Å². The number of rotatable bonds is 6. The topological polar surface area (TPSA) is 61.8 Å². The van der Waals surface area contributed by atoms with Crippen molar-refractivity contribution >= 4 is 29.6 Å². The van der Waals surface area contributed by atoms with Crippen molar-refractivity contribution in [2.24, 2.45) is 0 Å². The van der Waals surface area contributed by atoms with Gasteiger partial charge in [0.15, 0.2) is 0 Å². The number of ether oxygens (including phenoxy) is 3. The van der Waals surface area contributed by atoms with Crippen molar-refractivity contribution in [1.82, 2.24) is 0 Å². The largest absolute Gasteiger partial charge is 0.494 e. The Morgan fingerprint density at radius 3 is 2.48 bits per heavy atom. The minimum atomic E-state index is -0.638. The first kappa shape index (κ1) is 18.5. The molecule has 2 aromatic carbocycles. The zero-order valence-corrected chi connectivity index (χ0v) is 14.6. The molecule has 2 rings (SSSR count). The van der Waals surface area contributed by atoms with Gasteiger partial charge in [0.1, 0.15) is 17.1 Å². The summed E-state index contributed by atoms with van der Waals surface area (Å²) in [4.78, 5) is 23.7. The molecule has 0 aromatic heterocycles. The fourth-order valence-corrected chi connectivity index (χ4v) is 2.18. The molecule has 0 heterocycles. The highest BCUT2D eigenvalue weighted by molar-refractivity contribution is 6.31. The van der Waals surface area contributed by atoms with Gasteiger partial charge in [-0.05, 0) is 48.9 Å². The van der Waals surface area contributed by atoms with E-state index in [1.807, 2.05) is 31.2 Å². The van der Waals surface area contributed by atoms with Gasteiger partial charge in [0.05, 0.1) is 13.7 Å². The van der Waals surface area contributed by atoms with Gasteiger partial charge in [0, 0.05) is 11.1 Å². The molecule has 6 heteroatoms. The van der Waals surface area contributed by atoms with Crippen LogP contribution in [-0.2, 0) is 9.53 Å². The van der Waals surface area contributed by atoms with Gasteiger partial charge in [-0.15, -0.1) is 0 Å². The molecular formula is C19H17ClO5. The maximum absolute atomic E-state index is 12.0. The fraction of sp³-hybridized carbons (Fsp3) is 0.158. The zero-order valence-electron chi connectivity index (χ0n) is 13.8. The van der Waals surface area contributed by atoms with E-state index in [1.165, 1.54) is 31.4 Å². The number of methoxy groups -OCH3 is 1. The van der Waals surface area contributed by atoms with Crippen molar-refractivity contribution in [2.75, 3.05) is 13.7 Å². The number of hydrogen-bond donors (Lipinski definition) is 0. The van der Waals surface area contributed by atoms with Crippen LogP contribution in [-0.4, -0.2) is 25.7 Å². The first-order valence-electron chi connectivity index (χ1n) is 7.54. The van der Waals surface area contributed by atoms with E-state index in [0.29, 0.717) is 11.6 Å². The van der Waals surface area contributed by atoms with Gasteiger partial charge < -0.3 is 14.2 Å². The van der Waals surface area contributed by atoms with E-state index in [1.54, 1.807) is 6.08 Å². The lowest BCUT2D eigenvalue weighted by molar-refractivity contribution is -0.128. The molecule has 2 aromatic rings. The second-order valence-corrected chi connectivity index (χ2v) is 5.32. The molecule has 0 unspecified atom stereocenters. The molecule has 0 aliphatic rings. The highest BCUT2D eigenvalue weighted by atomic mass is 35.5. The molecule has 0 atom stereocenters. The first-order chi connectivity index (χ1) is 12.0. The Hall–Kier alpha value is -2.79. The average molecular weight is 361 g/mol. The summed E-state index contributed by atoms with van der Waals surface area (Å²) in [5, 5.41) is 0.338. The lowest BCUT2D eigenvalue weighted by Crippen LogP contribution is -2.09. The molecule has 0 N–H and O–H groups in total. The fourth-order valence-electron chi connectivity index (χ4n) is 2.01. The normalized spacial score (nSPS) is 10.5. The predicted molar refractivity (Wildman–Crippen MR) is 95.1 cm³/mol. The molecule has 0 saturated heterocycles. The molecule has 0 aliphatic carbocycles. The summed E-state index contributed by atoms with van der Waals surface area (Å²) < 4.78 is 15.2. The van der Waals surface area contributed by atoms with Crippen molar-refractivity contribution in [3.8, 4) is 11.5 Å². The van der Waals surface area contributed by atoms with Gasteiger partial charge in [-0.25, -0.2) is 9.59 Å². The molecule has 0 saturated carbocycles. The summed E-state index contributed by atoms with van der Waals surface area (Å²) in [6.45, 7) is 2.49. The zero-order chi connectivity index (χ0) is 18.2. The molecular weight excluding hydrogens is 344 g/mol. The predicted octanol–water partition coefficient (Wildman–Crippen LogP) is 4.14. The summed E-state index contributed by atoms with van der Waals surface area (Å²) in [7, 11) is 1.24. The minimum Gasteiger partial charge on any atom is -0.494 e. The molecule has 0 aliphatic heterocycles. The van der Waals surface area contributed by atoms with E-state index in [0.717, 1.165) is 11.3 Å². The van der Waals surface area contributed by atoms with E-state index in [-0.39, 0.29) is 11.3 Å². The van der Waals surface area contributed by atoms with Crippen molar-refractivity contribution in [3.63, 3.8) is 0 Å². The van der Waals surface area contributed by atoms with Gasteiger partial charge in [0.2, 0.25) is 0 Å². The van der Waals surface area contributed by atoms with Crippen LogP contribution in [0.15, 0.2) is 48.5 Å².